The summed E-state index contributed by atoms with van der Waals surface area (Å²) >= 11 is 0. The van der Waals surface area contributed by atoms with Crippen molar-refractivity contribution in [3.05, 3.63) is 23.8 Å². The van der Waals surface area contributed by atoms with E-state index in [9.17, 15) is 13.2 Å². The van der Waals surface area contributed by atoms with E-state index >= 15 is 0 Å². The van der Waals surface area contributed by atoms with Gasteiger partial charge in [0.15, 0.2) is 6.29 Å². The summed E-state index contributed by atoms with van der Waals surface area (Å²) in [6.07, 6.45) is 0.552. The van der Waals surface area contributed by atoms with Crippen molar-refractivity contribution in [3.63, 3.8) is 0 Å². The van der Waals surface area contributed by atoms with Crippen LogP contribution in [0, 0.1) is 0 Å². The van der Waals surface area contributed by atoms with Gasteiger partial charge in [0, 0.05) is 0 Å². The Kier molecular flexibility index (Phi) is 4.65. The normalized spacial score (nSPS) is 11.2. The first kappa shape index (κ1) is 13.7. The average Bonchev–Trinajstić information content (AvgIpc) is 2.29. The molecule has 0 aliphatic rings. The Balaban J connectivity index is 3.18. The zero-order valence-electron chi connectivity index (χ0n) is 9.67. The molecule has 0 amide bonds. The maximum absolute atomic E-state index is 11.6. The Bertz CT molecular complexity index is 493. The number of benzene rings is 1. The van der Waals surface area contributed by atoms with Gasteiger partial charge in [-0.25, -0.2) is 0 Å². The van der Waals surface area contributed by atoms with Crippen molar-refractivity contribution < 1.29 is 22.1 Å². The molecule has 0 radical (unpaired) electrons. The lowest BCUT2D eigenvalue weighted by molar-refractivity contribution is 0.111. The molecule has 0 aliphatic heterocycles. The number of aldehydes is 1. The Morgan fingerprint density at radius 2 is 1.94 bits per heavy atom. The first-order valence-corrected chi connectivity index (χ1v) is 6.57. The van der Waals surface area contributed by atoms with Crippen molar-refractivity contribution in [2.24, 2.45) is 0 Å². The number of rotatable bonds is 6. The molecule has 0 fully saturated rings. The van der Waals surface area contributed by atoms with E-state index in [2.05, 4.69) is 4.18 Å². The van der Waals surface area contributed by atoms with Crippen molar-refractivity contribution >= 4 is 16.4 Å². The Hall–Kier alpha value is -1.40. The van der Waals surface area contributed by atoms with Crippen LogP contribution in [0.1, 0.15) is 24.2 Å². The molecule has 1 aromatic carbocycles. The third kappa shape index (κ3) is 3.28. The van der Waals surface area contributed by atoms with Crippen LogP contribution in [0.3, 0.4) is 0 Å². The van der Waals surface area contributed by atoms with Gasteiger partial charge in [-0.05, 0) is 32.0 Å². The summed E-state index contributed by atoms with van der Waals surface area (Å²) in [5.74, 6) is 0.359. The molecule has 1 rings (SSSR count). The molecule has 5 nitrogen and oxygen atoms in total. The largest absolute Gasteiger partial charge is 0.493 e. The van der Waals surface area contributed by atoms with Crippen LogP contribution in [0.4, 0.5) is 0 Å². The van der Waals surface area contributed by atoms with Crippen LogP contribution in [-0.2, 0) is 14.3 Å². The van der Waals surface area contributed by atoms with E-state index in [4.69, 9.17) is 4.74 Å². The first-order chi connectivity index (χ1) is 8.05. The number of hydrogen-bond donors (Lipinski definition) is 0. The Morgan fingerprint density at radius 3 is 2.47 bits per heavy atom. The molecule has 94 valence electrons. The minimum absolute atomic E-state index is 0.0476. The molecule has 17 heavy (non-hydrogen) atoms. The van der Waals surface area contributed by atoms with E-state index in [1.54, 1.807) is 13.8 Å². The summed E-state index contributed by atoms with van der Waals surface area (Å²) in [7, 11) is -3.79. The van der Waals surface area contributed by atoms with Gasteiger partial charge in [-0.3, -0.25) is 8.98 Å². The Labute approximate surface area is 100 Å². The van der Waals surface area contributed by atoms with Crippen LogP contribution < -0.4 is 4.74 Å². The molecule has 0 bridgehead atoms. The minimum Gasteiger partial charge on any atom is -0.493 e. The summed E-state index contributed by atoms with van der Waals surface area (Å²) in [5.41, 5.74) is 0.188. The van der Waals surface area contributed by atoms with E-state index in [0.717, 1.165) is 0 Å². The van der Waals surface area contributed by atoms with Gasteiger partial charge < -0.3 is 4.74 Å². The topological polar surface area (TPSA) is 69.7 Å². The zero-order chi connectivity index (χ0) is 12.9. The number of carbonyl (C=O) groups excluding carboxylic acids is 1. The highest BCUT2D eigenvalue weighted by Crippen LogP contribution is 2.22. The SMILES string of the molecule is CCOc1ccc(S(=O)(=O)OCC)cc1C=O. The number of carbonyl (C=O) groups is 1. The molecule has 6 heteroatoms. The van der Waals surface area contributed by atoms with Crippen LogP contribution in [0.25, 0.3) is 0 Å². The summed E-state index contributed by atoms with van der Waals surface area (Å²) in [5, 5.41) is 0. The molecular formula is C11H14O5S. The van der Waals surface area contributed by atoms with Gasteiger partial charge in [0.2, 0.25) is 0 Å². The van der Waals surface area contributed by atoms with E-state index < -0.39 is 10.1 Å². The fourth-order valence-electron chi connectivity index (χ4n) is 1.28. The summed E-state index contributed by atoms with van der Waals surface area (Å²) in [4.78, 5) is 10.8. The van der Waals surface area contributed by atoms with Crippen molar-refractivity contribution in [3.8, 4) is 5.75 Å². The molecule has 0 saturated carbocycles. The molecule has 0 saturated heterocycles. The number of ether oxygens (including phenoxy) is 1. The third-order valence-corrected chi connectivity index (χ3v) is 3.35. The lowest BCUT2D eigenvalue weighted by atomic mass is 10.2. The molecule has 0 aromatic heterocycles. The van der Waals surface area contributed by atoms with E-state index in [1.165, 1.54) is 18.2 Å². The second kappa shape index (κ2) is 5.79. The lowest BCUT2D eigenvalue weighted by Gasteiger charge is -2.08. The quantitative estimate of drug-likeness (QED) is 0.573. The van der Waals surface area contributed by atoms with E-state index in [-0.39, 0.29) is 17.1 Å². The molecular weight excluding hydrogens is 244 g/mol. The van der Waals surface area contributed by atoms with Crippen molar-refractivity contribution in [1.82, 2.24) is 0 Å². The molecule has 0 unspecified atom stereocenters. The molecule has 0 aliphatic carbocycles. The maximum atomic E-state index is 11.6. The smallest absolute Gasteiger partial charge is 0.296 e. The van der Waals surface area contributed by atoms with Gasteiger partial charge in [-0.15, -0.1) is 0 Å². The summed E-state index contributed by atoms with van der Waals surface area (Å²) < 4.78 is 33.0. The monoisotopic (exact) mass is 258 g/mol. The summed E-state index contributed by atoms with van der Waals surface area (Å²) in [6.45, 7) is 3.80. The highest BCUT2D eigenvalue weighted by Gasteiger charge is 2.16. The van der Waals surface area contributed by atoms with Crippen LogP contribution >= 0.6 is 0 Å². The highest BCUT2D eigenvalue weighted by molar-refractivity contribution is 7.86. The fraction of sp³-hybridized carbons (Fsp3) is 0.364. The minimum atomic E-state index is -3.79. The standard InChI is InChI=1S/C11H14O5S/c1-3-15-11-6-5-10(7-9(11)8-12)17(13,14)16-4-2/h5-8H,3-4H2,1-2H3. The van der Waals surface area contributed by atoms with Gasteiger partial charge >= 0.3 is 0 Å². The predicted octanol–water partition coefficient (Wildman–Crippen LogP) is 1.62. The van der Waals surface area contributed by atoms with Gasteiger partial charge in [0.25, 0.3) is 10.1 Å². The fourth-order valence-corrected chi connectivity index (χ4v) is 2.24. The molecule has 0 spiro atoms. The zero-order valence-corrected chi connectivity index (χ0v) is 10.5. The molecule has 0 N–H and O–H groups in total. The highest BCUT2D eigenvalue weighted by atomic mass is 32.2. The first-order valence-electron chi connectivity index (χ1n) is 5.16. The van der Waals surface area contributed by atoms with Gasteiger partial charge in [0.1, 0.15) is 5.75 Å². The van der Waals surface area contributed by atoms with E-state index in [0.29, 0.717) is 18.6 Å². The van der Waals surface area contributed by atoms with Crippen molar-refractivity contribution in [2.45, 2.75) is 18.7 Å². The average molecular weight is 258 g/mol. The molecule has 1 aromatic rings. The van der Waals surface area contributed by atoms with Gasteiger partial charge in [-0.2, -0.15) is 8.42 Å². The van der Waals surface area contributed by atoms with Crippen molar-refractivity contribution in [1.29, 1.82) is 0 Å². The molecule has 0 heterocycles. The van der Waals surface area contributed by atoms with E-state index in [1.807, 2.05) is 0 Å². The second-order valence-corrected chi connectivity index (χ2v) is 4.73. The van der Waals surface area contributed by atoms with Crippen LogP contribution in [0.15, 0.2) is 23.1 Å². The van der Waals surface area contributed by atoms with Crippen LogP contribution in [0.2, 0.25) is 0 Å². The second-order valence-electron chi connectivity index (χ2n) is 3.11. The van der Waals surface area contributed by atoms with Crippen LogP contribution in [-0.4, -0.2) is 27.9 Å². The predicted molar refractivity (Wildman–Crippen MR) is 61.8 cm³/mol. The maximum Gasteiger partial charge on any atom is 0.296 e. The summed E-state index contributed by atoms with van der Waals surface area (Å²) in [6, 6.07) is 4.03. The van der Waals surface area contributed by atoms with Crippen molar-refractivity contribution in [2.75, 3.05) is 13.2 Å². The Morgan fingerprint density at radius 1 is 1.24 bits per heavy atom. The van der Waals surface area contributed by atoms with Gasteiger partial charge in [-0.1, -0.05) is 0 Å². The van der Waals surface area contributed by atoms with Gasteiger partial charge in [0.05, 0.1) is 23.7 Å². The van der Waals surface area contributed by atoms with Crippen LogP contribution in [0.5, 0.6) is 5.75 Å². The number of hydrogen-bond acceptors (Lipinski definition) is 5. The lowest BCUT2D eigenvalue weighted by Crippen LogP contribution is -2.07. The molecule has 0 atom stereocenters. The third-order valence-electron chi connectivity index (χ3n) is 1.97.